The summed E-state index contributed by atoms with van der Waals surface area (Å²) >= 11 is 0. The normalized spacial score (nSPS) is 11.8. The second-order valence-electron chi connectivity index (χ2n) is 18.4. The lowest BCUT2D eigenvalue weighted by atomic mass is 9.83. The topological polar surface area (TPSA) is 64.1 Å². The molecule has 3 heterocycles. The van der Waals surface area contributed by atoms with Crippen LogP contribution < -0.4 is 0 Å². The number of hydrogen-bond acceptors (Lipinski definition) is 4. The minimum absolute atomic E-state index is 0.204. The molecule has 0 aliphatic rings. The highest BCUT2D eigenvalue weighted by Crippen LogP contribution is 2.48. The van der Waals surface area contributed by atoms with Crippen LogP contribution in [0.2, 0.25) is 0 Å². The molecule has 0 amide bonds. The van der Waals surface area contributed by atoms with Crippen molar-refractivity contribution in [3.63, 3.8) is 0 Å². The Bertz CT molecular complexity index is 3890. The van der Waals surface area contributed by atoms with Crippen molar-refractivity contribution in [3.8, 4) is 67.5 Å². The van der Waals surface area contributed by atoms with Crippen LogP contribution in [-0.2, 0) is 0 Å². The summed E-state index contributed by atoms with van der Waals surface area (Å²) in [5.41, 5.74) is 22.0. The molecule has 1 N–H and O–H groups in total. The van der Waals surface area contributed by atoms with Crippen LogP contribution in [0.1, 0.15) is 33.4 Å². The second kappa shape index (κ2) is 15.4. The number of fused-ring (bicyclic) bond motifs is 7. The van der Waals surface area contributed by atoms with Gasteiger partial charge in [0.2, 0.25) is 0 Å². The predicted octanol–water partition coefficient (Wildman–Crippen LogP) is 16.5. The molecular weight excluding hydrogens is 819 g/mol. The number of phenols is 1. The molecule has 0 aliphatic heterocycles. The maximum atomic E-state index is 11.2. The molecule has 0 bridgehead atoms. The molecule has 0 saturated heterocycles. The van der Waals surface area contributed by atoms with E-state index in [9.17, 15) is 5.11 Å². The summed E-state index contributed by atoms with van der Waals surface area (Å²) in [4.78, 5) is 11.0. The van der Waals surface area contributed by atoms with Crippen LogP contribution in [0.4, 0.5) is 0 Å². The van der Waals surface area contributed by atoms with Crippen LogP contribution in [0.3, 0.4) is 0 Å². The van der Waals surface area contributed by atoms with Crippen LogP contribution in [-0.4, -0.2) is 19.6 Å². The van der Waals surface area contributed by atoms with Crippen molar-refractivity contribution in [2.24, 2.45) is 0 Å². The van der Waals surface area contributed by atoms with Gasteiger partial charge in [-0.1, -0.05) is 156 Å². The molecule has 0 saturated carbocycles. The third-order valence-electron chi connectivity index (χ3n) is 13.4. The summed E-state index contributed by atoms with van der Waals surface area (Å²) in [7, 11) is 0. The molecular formula is C62H47N3O2. The average Bonchev–Trinajstić information content (AvgIpc) is 3.89. The zero-order valence-electron chi connectivity index (χ0n) is 38.4. The third kappa shape index (κ3) is 6.60. The van der Waals surface area contributed by atoms with Crippen LogP contribution in [0, 0.1) is 41.5 Å². The van der Waals surface area contributed by atoms with Gasteiger partial charge in [-0.3, -0.25) is 4.57 Å². The smallest absolute Gasteiger partial charge is 0.164 e. The first-order chi connectivity index (χ1) is 32.6. The van der Waals surface area contributed by atoms with E-state index in [2.05, 4.69) is 186 Å². The largest absolute Gasteiger partial charge is 0.507 e. The third-order valence-corrected chi connectivity index (χ3v) is 13.4. The van der Waals surface area contributed by atoms with Crippen molar-refractivity contribution in [3.05, 3.63) is 203 Å². The van der Waals surface area contributed by atoms with Crippen LogP contribution >= 0.6 is 0 Å². The molecule has 9 aromatic carbocycles. The number of furan rings is 1. The van der Waals surface area contributed by atoms with Crippen LogP contribution in [0.25, 0.3) is 116 Å². The van der Waals surface area contributed by atoms with Gasteiger partial charge in [0.1, 0.15) is 22.6 Å². The van der Waals surface area contributed by atoms with Gasteiger partial charge in [-0.25, -0.2) is 9.97 Å². The molecule has 322 valence electrons. The Morgan fingerprint density at radius 3 is 1.76 bits per heavy atom. The predicted molar refractivity (Wildman–Crippen MR) is 278 cm³/mol. The highest BCUT2D eigenvalue weighted by atomic mass is 16.3. The van der Waals surface area contributed by atoms with Crippen molar-refractivity contribution in [1.82, 2.24) is 14.5 Å². The fourth-order valence-electron chi connectivity index (χ4n) is 10.7. The second-order valence-corrected chi connectivity index (χ2v) is 18.4. The SMILES string of the molecule is Cc1cc(C)cc(-c2cccc(-c3cc(C)cc(C)c3)c2-c2cc(-c3cccc4c3nc(-c3ccc5ccc6cccc(O)c6c5n3)n4-c3c(C)cccc3C)cc3oc4ccccc4c23)c1. The highest BCUT2D eigenvalue weighted by Gasteiger charge is 2.25. The van der Waals surface area contributed by atoms with E-state index in [1.54, 1.807) is 6.07 Å². The van der Waals surface area contributed by atoms with Crippen molar-refractivity contribution in [1.29, 1.82) is 0 Å². The van der Waals surface area contributed by atoms with Gasteiger partial charge < -0.3 is 9.52 Å². The van der Waals surface area contributed by atoms with Gasteiger partial charge in [0, 0.05) is 27.1 Å². The number of aromatic hydroxyl groups is 1. The number of nitrogens with zero attached hydrogens (tertiary/aromatic N) is 3. The minimum Gasteiger partial charge on any atom is -0.507 e. The van der Waals surface area contributed by atoms with Gasteiger partial charge in [0.25, 0.3) is 0 Å². The fourth-order valence-corrected chi connectivity index (χ4v) is 10.7. The van der Waals surface area contributed by atoms with Crippen molar-refractivity contribution >= 4 is 54.6 Å². The fraction of sp³-hybridized carbons (Fsp3) is 0.0968. The average molecular weight is 866 g/mol. The van der Waals surface area contributed by atoms with E-state index < -0.39 is 0 Å². The molecule has 67 heavy (non-hydrogen) atoms. The van der Waals surface area contributed by atoms with E-state index in [1.165, 1.54) is 33.4 Å². The number of aromatic nitrogens is 3. The molecule has 0 radical (unpaired) electrons. The van der Waals surface area contributed by atoms with Gasteiger partial charge in [0.15, 0.2) is 5.82 Å². The maximum absolute atomic E-state index is 11.2. The van der Waals surface area contributed by atoms with Crippen molar-refractivity contribution < 1.29 is 9.52 Å². The van der Waals surface area contributed by atoms with Gasteiger partial charge in [-0.2, -0.15) is 0 Å². The Labute approximate surface area is 389 Å². The van der Waals surface area contributed by atoms with E-state index in [0.717, 1.165) is 111 Å². The summed E-state index contributed by atoms with van der Waals surface area (Å²) in [6, 6.07) is 60.2. The maximum Gasteiger partial charge on any atom is 0.164 e. The Morgan fingerprint density at radius 1 is 0.448 bits per heavy atom. The molecule has 0 unspecified atom stereocenters. The summed E-state index contributed by atoms with van der Waals surface area (Å²) in [5, 5.41) is 15.9. The Kier molecular flexibility index (Phi) is 9.27. The highest BCUT2D eigenvalue weighted by molar-refractivity contribution is 6.17. The van der Waals surface area contributed by atoms with E-state index >= 15 is 0 Å². The lowest BCUT2D eigenvalue weighted by Crippen LogP contribution is -2.03. The number of benzene rings is 9. The van der Waals surface area contributed by atoms with Gasteiger partial charge >= 0.3 is 0 Å². The summed E-state index contributed by atoms with van der Waals surface area (Å²) < 4.78 is 9.16. The number of imidazole rings is 1. The van der Waals surface area contributed by atoms with E-state index in [-0.39, 0.29) is 5.75 Å². The van der Waals surface area contributed by atoms with E-state index in [0.29, 0.717) is 5.69 Å². The Morgan fingerprint density at radius 2 is 1.04 bits per heavy atom. The van der Waals surface area contributed by atoms with E-state index in [1.807, 2.05) is 24.3 Å². The molecule has 0 spiro atoms. The zero-order valence-corrected chi connectivity index (χ0v) is 38.4. The van der Waals surface area contributed by atoms with Crippen molar-refractivity contribution in [2.45, 2.75) is 41.5 Å². The first kappa shape index (κ1) is 40.2. The number of rotatable bonds is 6. The first-order valence-electron chi connectivity index (χ1n) is 22.9. The lowest BCUT2D eigenvalue weighted by molar-refractivity contribution is 0.482. The standard InChI is InChI=1S/C62H47N3O2/c1-35-27-36(2)30-43(29-35)46-17-11-18-47(44-31-37(3)28-38(4)32-44)57(46)50-33-45(34-55-58(50)49-16-7-8-22-54(49)67-55)48-19-12-20-52-60(48)64-62(65(52)61-39(5)13-9-14-40(61)6)51-26-25-42-24-23-41-15-10-21-53(66)56(41)59(42)63-51/h7-34,66H,1-6H3. The molecule has 5 heteroatoms. The summed E-state index contributed by atoms with van der Waals surface area (Å²) in [6.45, 7) is 13.0. The Hall–Kier alpha value is -8.28. The molecule has 0 aliphatic carbocycles. The van der Waals surface area contributed by atoms with Gasteiger partial charge in [-0.15, -0.1) is 0 Å². The minimum atomic E-state index is 0.204. The van der Waals surface area contributed by atoms with Crippen LogP contribution in [0.5, 0.6) is 5.75 Å². The van der Waals surface area contributed by atoms with Gasteiger partial charge in [-0.05, 0) is 133 Å². The first-order valence-corrected chi connectivity index (χ1v) is 22.9. The quantitative estimate of drug-likeness (QED) is 0.169. The molecule has 5 nitrogen and oxygen atoms in total. The van der Waals surface area contributed by atoms with Crippen molar-refractivity contribution in [2.75, 3.05) is 0 Å². The lowest BCUT2D eigenvalue weighted by Gasteiger charge is -2.19. The molecule has 3 aromatic heterocycles. The number of aryl methyl sites for hydroxylation is 6. The Balaban J connectivity index is 1.18. The molecule has 12 rings (SSSR count). The van der Waals surface area contributed by atoms with E-state index in [4.69, 9.17) is 14.4 Å². The molecule has 0 fully saturated rings. The van der Waals surface area contributed by atoms with Crippen LogP contribution in [0.15, 0.2) is 174 Å². The number of hydrogen-bond donors (Lipinski definition) is 1. The number of para-hydroxylation sites is 3. The summed E-state index contributed by atoms with van der Waals surface area (Å²) in [6.07, 6.45) is 0. The number of phenolic OH excluding ortho intramolecular Hbond substituents is 1. The van der Waals surface area contributed by atoms with Gasteiger partial charge in [0.05, 0.1) is 22.2 Å². The monoisotopic (exact) mass is 865 g/mol. The summed E-state index contributed by atoms with van der Waals surface area (Å²) in [5.74, 6) is 0.923. The molecule has 12 aromatic rings. The number of pyridine rings is 1. The molecule has 0 atom stereocenters. The zero-order chi connectivity index (χ0) is 45.7.